The summed E-state index contributed by atoms with van der Waals surface area (Å²) in [5, 5.41) is 6.87. The molecule has 6 heteroatoms. The molecule has 2 heterocycles. The molecule has 1 aliphatic heterocycles. The molecule has 4 rings (SSSR count). The van der Waals surface area contributed by atoms with Gasteiger partial charge in [0.1, 0.15) is 18.0 Å². The van der Waals surface area contributed by atoms with Crippen molar-refractivity contribution in [3.05, 3.63) is 42.2 Å². The highest BCUT2D eigenvalue weighted by Crippen LogP contribution is 2.29. The second-order valence-corrected chi connectivity index (χ2v) is 8.01. The molecule has 0 radical (unpaired) electrons. The summed E-state index contributed by atoms with van der Waals surface area (Å²) < 4.78 is 0. The van der Waals surface area contributed by atoms with Gasteiger partial charge in [-0.25, -0.2) is 9.97 Å². The number of rotatable bonds is 5. The van der Waals surface area contributed by atoms with Crippen LogP contribution in [0.3, 0.4) is 0 Å². The molecule has 1 amide bonds. The van der Waals surface area contributed by atoms with Gasteiger partial charge in [-0.2, -0.15) is 0 Å². The van der Waals surface area contributed by atoms with Gasteiger partial charge in [-0.05, 0) is 63.1 Å². The van der Waals surface area contributed by atoms with E-state index in [0.29, 0.717) is 11.9 Å². The summed E-state index contributed by atoms with van der Waals surface area (Å²) in [7, 11) is 0. The van der Waals surface area contributed by atoms with Gasteiger partial charge in [-0.15, -0.1) is 0 Å². The average Bonchev–Trinajstić information content (AvgIpc) is 3.23. The molecule has 28 heavy (non-hydrogen) atoms. The smallest absolute Gasteiger partial charge is 0.225 e. The summed E-state index contributed by atoms with van der Waals surface area (Å²) in [6.45, 7) is 3.98. The number of likely N-dealkylation sites (tertiary alicyclic amines) is 1. The van der Waals surface area contributed by atoms with E-state index in [9.17, 15) is 4.79 Å². The fourth-order valence-electron chi connectivity index (χ4n) is 4.26. The van der Waals surface area contributed by atoms with E-state index in [0.717, 1.165) is 68.9 Å². The highest BCUT2D eigenvalue weighted by molar-refractivity contribution is 5.79. The van der Waals surface area contributed by atoms with Crippen LogP contribution < -0.4 is 10.6 Å². The molecule has 2 N–H and O–H groups in total. The molecule has 1 saturated carbocycles. The molecular weight excluding hydrogens is 350 g/mol. The van der Waals surface area contributed by atoms with E-state index in [2.05, 4.69) is 44.6 Å². The number of aryl methyl sites for hydroxylation is 1. The fraction of sp³-hybridized carbons (Fsp3) is 0.500. The van der Waals surface area contributed by atoms with Crippen LogP contribution in [0.4, 0.5) is 17.3 Å². The first kappa shape index (κ1) is 18.7. The van der Waals surface area contributed by atoms with Crippen LogP contribution in [0.1, 0.15) is 44.1 Å². The lowest BCUT2D eigenvalue weighted by molar-refractivity contribution is -0.135. The first-order valence-electron chi connectivity index (χ1n) is 10.4. The minimum absolute atomic E-state index is 0.208. The van der Waals surface area contributed by atoms with Gasteiger partial charge >= 0.3 is 0 Å². The van der Waals surface area contributed by atoms with Crippen molar-refractivity contribution in [2.75, 3.05) is 23.7 Å². The average molecular weight is 380 g/mol. The lowest BCUT2D eigenvalue weighted by atomic mass is 9.85. The Bertz CT molecular complexity index is 810. The molecule has 0 spiro atoms. The molecule has 0 unspecified atom stereocenters. The maximum Gasteiger partial charge on any atom is 0.225 e. The summed E-state index contributed by atoms with van der Waals surface area (Å²) in [6, 6.07) is 10.5. The van der Waals surface area contributed by atoms with E-state index in [1.54, 1.807) is 6.33 Å². The largest absolute Gasteiger partial charge is 0.367 e. The number of nitrogens with one attached hydrogen (secondary N) is 2. The third-order valence-corrected chi connectivity index (χ3v) is 5.80. The van der Waals surface area contributed by atoms with Gasteiger partial charge in [0.15, 0.2) is 0 Å². The van der Waals surface area contributed by atoms with E-state index in [1.165, 1.54) is 5.56 Å². The second-order valence-electron chi connectivity index (χ2n) is 8.01. The van der Waals surface area contributed by atoms with Gasteiger partial charge in [0.2, 0.25) is 5.91 Å². The summed E-state index contributed by atoms with van der Waals surface area (Å²) in [4.78, 5) is 23.3. The molecule has 2 fully saturated rings. The highest BCUT2D eigenvalue weighted by Gasteiger charge is 2.30. The zero-order valence-electron chi connectivity index (χ0n) is 16.5. The molecule has 1 aromatic carbocycles. The third-order valence-electron chi connectivity index (χ3n) is 5.80. The number of anilines is 3. The number of carbonyl (C=O) groups is 1. The Morgan fingerprint density at radius 1 is 1.04 bits per heavy atom. The number of hydrogen-bond acceptors (Lipinski definition) is 5. The Hall–Kier alpha value is -2.63. The lowest BCUT2D eigenvalue weighted by Gasteiger charge is -2.31. The van der Waals surface area contributed by atoms with Crippen molar-refractivity contribution in [1.29, 1.82) is 0 Å². The predicted molar refractivity (Wildman–Crippen MR) is 112 cm³/mol. The van der Waals surface area contributed by atoms with Crippen molar-refractivity contribution >= 4 is 23.2 Å². The van der Waals surface area contributed by atoms with E-state index < -0.39 is 0 Å². The van der Waals surface area contributed by atoms with E-state index >= 15 is 0 Å². The van der Waals surface area contributed by atoms with Crippen molar-refractivity contribution in [2.45, 2.75) is 51.5 Å². The van der Waals surface area contributed by atoms with Crippen molar-refractivity contribution in [1.82, 2.24) is 14.9 Å². The van der Waals surface area contributed by atoms with E-state index in [4.69, 9.17) is 0 Å². The standard InChI is InChI=1S/C22H29N5O/c1-16-5-4-6-19(13-16)26-21-14-20(23-15-24-21)25-18-9-7-17(8-10-18)22(28)27-11-2-3-12-27/h4-6,13-15,17-18H,2-3,7-12H2,1H3,(H2,23,24,25,26)/t17-,18-. The number of aromatic nitrogens is 2. The Morgan fingerprint density at radius 2 is 1.79 bits per heavy atom. The number of benzene rings is 1. The Balaban J connectivity index is 1.31. The summed E-state index contributed by atoms with van der Waals surface area (Å²) >= 11 is 0. The van der Waals surface area contributed by atoms with Crippen LogP contribution in [0.25, 0.3) is 0 Å². The number of nitrogens with zero attached hydrogens (tertiary/aromatic N) is 3. The molecule has 2 aliphatic rings. The first-order chi connectivity index (χ1) is 13.7. The van der Waals surface area contributed by atoms with E-state index in [1.807, 2.05) is 18.2 Å². The molecule has 1 aliphatic carbocycles. The molecule has 148 valence electrons. The number of hydrogen-bond donors (Lipinski definition) is 2. The zero-order chi connectivity index (χ0) is 19.3. The normalized spacial score (nSPS) is 22.1. The van der Waals surface area contributed by atoms with Crippen LogP contribution in [-0.2, 0) is 4.79 Å². The van der Waals surface area contributed by atoms with Gasteiger partial charge in [-0.3, -0.25) is 4.79 Å². The van der Waals surface area contributed by atoms with Crippen molar-refractivity contribution in [3.8, 4) is 0 Å². The lowest BCUT2D eigenvalue weighted by Crippen LogP contribution is -2.37. The van der Waals surface area contributed by atoms with Crippen LogP contribution in [0.2, 0.25) is 0 Å². The molecule has 2 aromatic rings. The van der Waals surface area contributed by atoms with Crippen LogP contribution in [0.5, 0.6) is 0 Å². The van der Waals surface area contributed by atoms with Crippen molar-refractivity contribution in [3.63, 3.8) is 0 Å². The summed E-state index contributed by atoms with van der Waals surface area (Å²) in [5.41, 5.74) is 2.23. The monoisotopic (exact) mass is 379 g/mol. The molecule has 1 aromatic heterocycles. The second kappa shape index (κ2) is 8.59. The topological polar surface area (TPSA) is 70.2 Å². The van der Waals surface area contributed by atoms with Crippen LogP contribution in [0, 0.1) is 12.8 Å². The summed E-state index contributed by atoms with van der Waals surface area (Å²) in [6.07, 6.45) is 7.86. The highest BCUT2D eigenvalue weighted by atomic mass is 16.2. The van der Waals surface area contributed by atoms with Crippen LogP contribution in [0.15, 0.2) is 36.7 Å². The molecule has 0 bridgehead atoms. The minimum atomic E-state index is 0.208. The summed E-state index contributed by atoms with van der Waals surface area (Å²) in [5.74, 6) is 2.20. The van der Waals surface area contributed by atoms with Crippen LogP contribution in [-0.4, -0.2) is 39.9 Å². The van der Waals surface area contributed by atoms with Gasteiger partial charge < -0.3 is 15.5 Å². The quantitative estimate of drug-likeness (QED) is 0.818. The maximum absolute atomic E-state index is 12.6. The Morgan fingerprint density at radius 3 is 2.54 bits per heavy atom. The Labute approximate surface area is 166 Å². The number of carbonyl (C=O) groups excluding carboxylic acids is 1. The van der Waals surface area contributed by atoms with Gasteiger partial charge in [0.05, 0.1) is 0 Å². The van der Waals surface area contributed by atoms with Crippen LogP contribution >= 0.6 is 0 Å². The van der Waals surface area contributed by atoms with Gasteiger partial charge in [-0.1, -0.05) is 12.1 Å². The zero-order valence-corrected chi connectivity index (χ0v) is 16.5. The fourth-order valence-corrected chi connectivity index (χ4v) is 4.26. The van der Waals surface area contributed by atoms with Crippen molar-refractivity contribution < 1.29 is 4.79 Å². The SMILES string of the molecule is Cc1cccc(Nc2cc(N[C@H]3CC[C@H](C(=O)N4CCCC4)CC3)ncn2)c1. The van der Waals surface area contributed by atoms with Gasteiger partial charge in [0.25, 0.3) is 0 Å². The molecule has 6 nitrogen and oxygen atoms in total. The van der Waals surface area contributed by atoms with Crippen molar-refractivity contribution in [2.24, 2.45) is 5.92 Å². The molecular formula is C22H29N5O. The maximum atomic E-state index is 12.6. The molecule has 0 atom stereocenters. The predicted octanol–water partition coefficient (Wildman–Crippen LogP) is 4.12. The van der Waals surface area contributed by atoms with Gasteiger partial charge in [0, 0.05) is 36.8 Å². The molecule has 1 saturated heterocycles. The third kappa shape index (κ3) is 4.61. The number of amides is 1. The minimum Gasteiger partial charge on any atom is -0.367 e. The Kier molecular flexibility index (Phi) is 5.74. The first-order valence-corrected chi connectivity index (χ1v) is 10.4. The van der Waals surface area contributed by atoms with E-state index in [-0.39, 0.29) is 5.92 Å².